The fraction of sp³-hybridized carbons (Fsp3) is 0.200. The molecule has 0 saturated carbocycles. The Labute approximate surface area is 182 Å². The van der Waals surface area contributed by atoms with E-state index >= 15 is 0 Å². The van der Waals surface area contributed by atoms with Gasteiger partial charge in [0, 0.05) is 0 Å². The van der Waals surface area contributed by atoms with Crippen LogP contribution in [-0.2, 0) is 0 Å². The quantitative estimate of drug-likeness (QED) is 0.352. The van der Waals surface area contributed by atoms with Crippen molar-refractivity contribution < 1.29 is 0 Å². The Bertz CT molecular complexity index is 1060. The molecule has 0 fully saturated rings. The Morgan fingerprint density at radius 3 is 2.27 bits per heavy atom. The van der Waals surface area contributed by atoms with Gasteiger partial charge in [0.15, 0.2) is 0 Å². The Hall–Kier alpha value is -3.12. The van der Waals surface area contributed by atoms with Gasteiger partial charge in [-0.1, -0.05) is 111 Å². The zero-order valence-electron chi connectivity index (χ0n) is 18.7. The van der Waals surface area contributed by atoms with Crippen LogP contribution < -0.4 is 0 Å². The average molecular weight is 393 g/mol. The minimum atomic E-state index is 0.510. The van der Waals surface area contributed by atoms with Crippen LogP contribution in [0.25, 0.3) is 27.8 Å². The van der Waals surface area contributed by atoms with E-state index in [1.165, 1.54) is 44.5 Å². The normalized spacial score (nSPS) is 12.9. The van der Waals surface area contributed by atoms with E-state index in [0.717, 1.165) is 6.42 Å². The molecule has 0 amide bonds. The van der Waals surface area contributed by atoms with Gasteiger partial charge in [-0.15, -0.1) is 0 Å². The van der Waals surface area contributed by atoms with Crippen molar-refractivity contribution in [1.82, 2.24) is 0 Å². The summed E-state index contributed by atoms with van der Waals surface area (Å²) in [4.78, 5) is 0. The van der Waals surface area contributed by atoms with Crippen molar-refractivity contribution in [3.05, 3.63) is 114 Å². The molecule has 3 rings (SSSR count). The first kappa shape index (κ1) is 21.6. The van der Waals surface area contributed by atoms with Crippen molar-refractivity contribution in [1.29, 1.82) is 0 Å². The zero-order chi connectivity index (χ0) is 21.5. The molecule has 0 nitrogen and oxygen atoms in total. The van der Waals surface area contributed by atoms with Crippen molar-refractivity contribution in [2.75, 3.05) is 0 Å². The molecule has 0 aliphatic heterocycles. The van der Waals surface area contributed by atoms with Crippen LogP contribution in [0.2, 0.25) is 0 Å². The molecule has 0 aromatic heterocycles. The van der Waals surface area contributed by atoms with Crippen molar-refractivity contribution in [3.63, 3.8) is 0 Å². The highest BCUT2D eigenvalue weighted by atomic mass is 14.2. The highest BCUT2D eigenvalue weighted by Crippen LogP contribution is 2.40. The molecular weight excluding hydrogens is 360 g/mol. The highest BCUT2D eigenvalue weighted by Gasteiger charge is 2.17. The molecule has 0 bridgehead atoms. The predicted octanol–water partition coefficient (Wildman–Crippen LogP) is 8.99. The third-order valence-electron chi connectivity index (χ3n) is 5.83. The molecule has 0 spiro atoms. The summed E-state index contributed by atoms with van der Waals surface area (Å²) in [6.07, 6.45) is 9.21. The van der Waals surface area contributed by atoms with E-state index in [-0.39, 0.29) is 0 Å². The third kappa shape index (κ3) is 4.54. The summed E-state index contributed by atoms with van der Waals surface area (Å²) < 4.78 is 0. The Morgan fingerprint density at radius 2 is 1.63 bits per heavy atom. The van der Waals surface area contributed by atoms with Gasteiger partial charge in [-0.05, 0) is 70.7 Å². The number of rotatable bonds is 7. The minimum absolute atomic E-state index is 0.510. The van der Waals surface area contributed by atoms with Gasteiger partial charge >= 0.3 is 0 Å². The molecule has 0 heterocycles. The summed E-state index contributed by atoms with van der Waals surface area (Å²) >= 11 is 0. The first-order chi connectivity index (χ1) is 14.6. The number of benzene rings is 3. The lowest BCUT2D eigenvalue weighted by atomic mass is 9.83. The van der Waals surface area contributed by atoms with Crippen LogP contribution >= 0.6 is 0 Å². The van der Waals surface area contributed by atoms with Gasteiger partial charge in [0.25, 0.3) is 0 Å². The SMILES string of the molecule is C=C/C=C(\C=C/C)c1ccc(-c2cccc(C(C)CC)c2-c2ccccc2C)cc1. The summed E-state index contributed by atoms with van der Waals surface area (Å²) in [7, 11) is 0. The summed E-state index contributed by atoms with van der Waals surface area (Å²) in [5.41, 5.74) is 10.4. The standard InChI is InChI=1S/C30H32/c1-6-12-24(13-7-2)25-18-20-26(21-19-25)29-17-11-16-27(22(4)8-3)30(29)28-15-10-9-14-23(28)5/h6-7,9-22H,1,8H2,2-5H3/b13-7-,24-12+. The van der Waals surface area contributed by atoms with Gasteiger partial charge in [-0.3, -0.25) is 0 Å². The van der Waals surface area contributed by atoms with Gasteiger partial charge in [-0.25, -0.2) is 0 Å². The van der Waals surface area contributed by atoms with E-state index in [0.29, 0.717) is 5.92 Å². The molecule has 0 heteroatoms. The molecule has 0 N–H and O–H groups in total. The van der Waals surface area contributed by atoms with Gasteiger partial charge in [0.1, 0.15) is 0 Å². The second kappa shape index (κ2) is 10.1. The molecule has 30 heavy (non-hydrogen) atoms. The largest absolute Gasteiger partial charge is 0.0990 e. The van der Waals surface area contributed by atoms with Crippen molar-refractivity contribution in [2.45, 2.75) is 40.0 Å². The van der Waals surface area contributed by atoms with E-state index < -0.39 is 0 Å². The number of aryl methyl sites for hydroxylation is 1. The Kier molecular flexibility index (Phi) is 7.25. The monoisotopic (exact) mass is 392 g/mol. The molecule has 3 aromatic carbocycles. The number of hydrogen-bond donors (Lipinski definition) is 0. The van der Waals surface area contributed by atoms with E-state index in [1.54, 1.807) is 0 Å². The van der Waals surface area contributed by atoms with Crippen LogP contribution in [-0.4, -0.2) is 0 Å². The summed E-state index contributed by atoms with van der Waals surface area (Å²) in [6.45, 7) is 12.7. The number of allylic oxidation sites excluding steroid dienone is 5. The summed E-state index contributed by atoms with van der Waals surface area (Å²) in [6, 6.07) is 24.4. The minimum Gasteiger partial charge on any atom is -0.0990 e. The second-order valence-electron chi connectivity index (χ2n) is 7.83. The lowest BCUT2D eigenvalue weighted by molar-refractivity contribution is 0.735. The van der Waals surface area contributed by atoms with Crippen LogP contribution in [0.15, 0.2) is 97.6 Å². The molecule has 0 saturated heterocycles. The fourth-order valence-electron chi connectivity index (χ4n) is 3.99. The van der Waals surface area contributed by atoms with Crippen molar-refractivity contribution >= 4 is 5.57 Å². The topological polar surface area (TPSA) is 0 Å². The first-order valence-corrected chi connectivity index (χ1v) is 10.9. The maximum atomic E-state index is 3.85. The summed E-state index contributed by atoms with van der Waals surface area (Å²) in [5, 5.41) is 0. The second-order valence-corrected chi connectivity index (χ2v) is 7.83. The van der Waals surface area contributed by atoms with Gasteiger partial charge in [0.2, 0.25) is 0 Å². The molecule has 0 radical (unpaired) electrons. The fourth-order valence-corrected chi connectivity index (χ4v) is 3.99. The average Bonchev–Trinajstić information content (AvgIpc) is 2.78. The van der Waals surface area contributed by atoms with Crippen LogP contribution in [0, 0.1) is 6.92 Å². The van der Waals surface area contributed by atoms with Gasteiger partial charge in [0.05, 0.1) is 0 Å². The molecule has 152 valence electrons. The number of hydrogen-bond acceptors (Lipinski definition) is 0. The van der Waals surface area contributed by atoms with E-state index in [4.69, 9.17) is 0 Å². The maximum Gasteiger partial charge on any atom is -0.00679 e. The van der Waals surface area contributed by atoms with Crippen molar-refractivity contribution in [3.8, 4) is 22.3 Å². The van der Waals surface area contributed by atoms with Crippen LogP contribution in [0.5, 0.6) is 0 Å². The molecule has 1 unspecified atom stereocenters. The summed E-state index contributed by atoms with van der Waals surface area (Å²) in [5.74, 6) is 0.510. The van der Waals surface area contributed by atoms with Crippen LogP contribution in [0.1, 0.15) is 49.8 Å². The smallest absolute Gasteiger partial charge is 0.00679 e. The molecule has 0 aliphatic rings. The van der Waals surface area contributed by atoms with E-state index in [2.05, 4.69) is 112 Å². The van der Waals surface area contributed by atoms with Gasteiger partial charge in [-0.2, -0.15) is 0 Å². The Balaban J connectivity index is 2.18. The van der Waals surface area contributed by atoms with Crippen molar-refractivity contribution in [2.24, 2.45) is 0 Å². The predicted molar refractivity (Wildman–Crippen MR) is 134 cm³/mol. The maximum absolute atomic E-state index is 3.85. The lowest BCUT2D eigenvalue weighted by Gasteiger charge is -2.21. The Morgan fingerprint density at radius 1 is 0.933 bits per heavy atom. The highest BCUT2D eigenvalue weighted by molar-refractivity contribution is 5.88. The van der Waals surface area contributed by atoms with Gasteiger partial charge < -0.3 is 0 Å². The molecule has 1 atom stereocenters. The van der Waals surface area contributed by atoms with Crippen LogP contribution in [0.4, 0.5) is 0 Å². The van der Waals surface area contributed by atoms with E-state index in [9.17, 15) is 0 Å². The zero-order valence-corrected chi connectivity index (χ0v) is 18.7. The first-order valence-electron chi connectivity index (χ1n) is 10.9. The van der Waals surface area contributed by atoms with E-state index in [1.807, 2.05) is 13.0 Å². The van der Waals surface area contributed by atoms with Crippen LogP contribution in [0.3, 0.4) is 0 Å². The third-order valence-corrected chi connectivity index (χ3v) is 5.83. The molecule has 3 aromatic rings. The lowest BCUT2D eigenvalue weighted by Crippen LogP contribution is -1.99. The molecule has 0 aliphatic carbocycles. The molecular formula is C30H32.